The fraction of sp³-hybridized carbons (Fsp3) is 0.895. The maximum atomic E-state index is 12.0. The van der Waals surface area contributed by atoms with Crippen LogP contribution in [0.4, 0.5) is 0 Å². The second-order valence-electron chi connectivity index (χ2n) is 8.21. The lowest BCUT2D eigenvalue weighted by molar-refractivity contribution is -0.130. The number of hydrogen-bond acceptors (Lipinski definition) is 4. The van der Waals surface area contributed by atoms with Gasteiger partial charge in [0.25, 0.3) is 0 Å². The number of nitrogens with zero attached hydrogens (tertiary/aromatic N) is 2. The summed E-state index contributed by atoms with van der Waals surface area (Å²) >= 11 is 0. The van der Waals surface area contributed by atoms with Gasteiger partial charge < -0.3 is 15.5 Å². The predicted octanol–water partition coefficient (Wildman–Crippen LogP) is 2.41. The smallest absolute Gasteiger partial charge is 0.222 e. The van der Waals surface area contributed by atoms with Gasteiger partial charge in [-0.2, -0.15) is 0 Å². The van der Waals surface area contributed by atoms with E-state index in [0.29, 0.717) is 19.4 Å². The third kappa shape index (κ3) is 12.8. The molecule has 166 valence electrons. The highest BCUT2D eigenvalue weighted by Gasteiger charge is 2.20. The molecule has 0 aromatic heterocycles. The van der Waals surface area contributed by atoms with Crippen LogP contribution in [-0.2, 0) is 14.6 Å². The van der Waals surface area contributed by atoms with E-state index in [-0.39, 0.29) is 41.1 Å². The van der Waals surface area contributed by atoms with Crippen molar-refractivity contribution in [3.8, 4) is 0 Å². The van der Waals surface area contributed by atoms with Crippen molar-refractivity contribution < 1.29 is 13.2 Å². The summed E-state index contributed by atoms with van der Waals surface area (Å²) in [7, 11) is -2.95. The first-order chi connectivity index (χ1) is 12.6. The molecule has 0 aromatic carbocycles. The summed E-state index contributed by atoms with van der Waals surface area (Å²) in [6, 6.07) is 0. The van der Waals surface area contributed by atoms with Gasteiger partial charge in [-0.25, -0.2) is 8.42 Å². The highest BCUT2D eigenvalue weighted by atomic mass is 127. The van der Waals surface area contributed by atoms with Crippen molar-refractivity contribution in [2.24, 2.45) is 10.4 Å². The SMILES string of the molecule is CCNC(=NCC(C)(C)CCS(C)(=O)=O)NCCCN1CCCCCC1=O.I. The number of halogens is 1. The molecule has 1 saturated heterocycles. The summed E-state index contributed by atoms with van der Waals surface area (Å²) in [5.41, 5.74) is -0.177. The molecule has 0 atom stereocenters. The maximum absolute atomic E-state index is 12.0. The molecule has 0 radical (unpaired) electrons. The van der Waals surface area contributed by atoms with Gasteiger partial charge in [-0.05, 0) is 38.0 Å². The van der Waals surface area contributed by atoms with Gasteiger partial charge in [0.05, 0.1) is 5.75 Å². The maximum Gasteiger partial charge on any atom is 0.222 e. The molecule has 1 amide bonds. The Balaban J connectivity index is 0.00000729. The van der Waals surface area contributed by atoms with Crippen molar-refractivity contribution in [1.29, 1.82) is 0 Å². The van der Waals surface area contributed by atoms with Crippen molar-refractivity contribution in [2.75, 3.05) is 44.7 Å². The van der Waals surface area contributed by atoms with Gasteiger partial charge in [-0.15, -0.1) is 24.0 Å². The van der Waals surface area contributed by atoms with E-state index in [1.807, 2.05) is 25.7 Å². The molecule has 0 unspecified atom stereocenters. The van der Waals surface area contributed by atoms with E-state index < -0.39 is 9.84 Å². The van der Waals surface area contributed by atoms with Crippen LogP contribution in [0, 0.1) is 5.41 Å². The lowest BCUT2D eigenvalue weighted by atomic mass is 9.90. The molecule has 1 aliphatic rings. The van der Waals surface area contributed by atoms with Crippen molar-refractivity contribution in [1.82, 2.24) is 15.5 Å². The molecule has 28 heavy (non-hydrogen) atoms. The number of aliphatic imine (C=N–C) groups is 1. The first kappa shape index (κ1) is 27.4. The number of likely N-dealkylation sites (tertiary alicyclic amines) is 1. The van der Waals surface area contributed by atoms with E-state index in [0.717, 1.165) is 57.8 Å². The van der Waals surface area contributed by atoms with Crippen LogP contribution in [0.15, 0.2) is 4.99 Å². The molecule has 7 nitrogen and oxygen atoms in total. The number of rotatable bonds is 10. The first-order valence-corrected chi connectivity index (χ1v) is 12.2. The number of guanidine groups is 1. The average molecular weight is 531 g/mol. The van der Waals surface area contributed by atoms with E-state index >= 15 is 0 Å². The van der Waals surface area contributed by atoms with Gasteiger partial charge >= 0.3 is 0 Å². The summed E-state index contributed by atoms with van der Waals surface area (Å²) in [6.45, 7) is 9.82. The monoisotopic (exact) mass is 530 g/mol. The Kier molecular flexibility index (Phi) is 13.3. The molecule has 1 rings (SSSR count). The zero-order valence-electron chi connectivity index (χ0n) is 17.9. The number of carbonyl (C=O) groups is 1. The van der Waals surface area contributed by atoms with Gasteiger partial charge in [0, 0.05) is 45.4 Å². The predicted molar refractivity (Wildman–Crippen MR) is 127 cm³/mol. The Morgan fingerprint density at radius 1 is 1.21 bits per heavy atom. The van der Waals surface area contributed by atoms with Crippen molar-refractivity contribution >= 4 is 45.7 Å². The van der Waals surface area contributed by atoms with E-state index in [1.54, 1.807) is 0 Å². The molecule has 1 fully saturated rings. The second-order valence-corrected chi connectivity index (χ2v) is 10.5. The molecule has 0 bridgehead atoms. The van der Waals surface area contributed by atoms with E-state index in [1.165, 1.54) is 6.26 Å². The highest BCUT2D eigenvalue weighted by Crippen LogP contribution is 2.21. The summed E-state index contributed by atoms with van der Waals surface area (Å²) in [5.74, 6) is 1.21. The molecule has 0 saturated carbocycles. The molecule has 1 heterocycles. The van der Waals surface area contributed by atoms with E-state index in [4.69, 9.17) is 0 Å². The van der Waals surface area contributed by atoms with Crippen LogP contribution >= 0.6 is 24.0 Å². The van der Waals surface area contributed by atoms with Crippen molar-refractivity contribution in [2.45, 2.75) is 59.3 Å². The minimum atomic E-state index is -2.95. The van der Waals surface area contributed by atoms with Crippen LogP contribution in [0.25, 0.3) is 0 Å². The van der Waals surface area contributed by atoms with Crippen LogP contribution in [0.1, 0.15) is 59.3 Å². The summed E-state index contributed by atoms with van der Waals surface area (Å²) in [4.78, 5) is 18.6. The van der Waals surface area contributed by atoms with E-state index in [2.05, 4.69) is 15.6 Å². The molecule has 1 aliphatic heterocycles. The molecule has 0 aromatic rings. The molecular formula is C19H39IN4O3S. The van der Waals surface area contributed by atoms with Crippen LogP contribution in [0.2, 0.25) is 0 Å². The number of sulfone groups is 1. The first-order valence-electron chi connectivity index (χ1n) is 10.1. The van der Waals surface area contributed by atoms with Crippen LogP contribution in [-0.4, -0.2) is 69.9 Å². The summed E-state index contributed by atoms with van der Waals surface area (Å²) < 4.78 is 22.8. The highest BCUT2D eigenvalue weighted by molar-refractivity contribution is 14.0. The Morgan fingerprint density at radius 2 is 1.93 bits per heavy atom. The number of nitrogens with one attached hydrogen (secondary N) is 2. The van der Waals surface area contributed by atoms with Crippen LogP contribution < -0.4 is 10.6 Å². The fourth-order valence-corrected chi connectivity index (χ4v) is 3.85. The van der Waals surface area contributed by atoms with Gasteiger partial charge in [0.1, 0.15) is 9.84 Å². The quantitative estimate of drug-likeness (QED) is 0.196. The number of hydrogen-bond donors (Lipinski definition) is 2. The van der Waals surface area contributed by atoms with Crippen molar-refractivity contribution in [3.63, 3.8) is 0 Å². The second kappa shape index (κ2) is 13.6. The Bertz CT molecular complexity index is 594. The summed E-state index contributed by atoms with van der Waals surface area (Å²) in [5, 5.41) is 6.54. The van der Waals surface area contributed by atoms with Crippen LogP contribution in [0.3, 0.4) is 0 Å². The minimum absolute atomic E-state index is 0. The topological polar surface area (TPSA) is 90.9 Å². The third-order valence-corrected chi connectivity index (χ3v) is 5.67. The Hall–Kier alpha value is -0.580. The standard InChI is InChI=1S/C19H38N4O3S.HI/c1-5-20-18(22-16-19(2,3)11-15-27(4,25)26)21-12-9-14-23-13-8-6-7-10-17(23)24;/h5-16H2,1-4H3,(H2,20,21,22);1H. The van der Waals surface area contributed by atoms with Gasteiger partial charge in [-0.1, -0.05) is 20.3 Å². The number of amides is 1. The zero-order chi connectivity index (χ0) is 20.3. The summed E-state index contributed by atoms with van der Waals surface area (Å²) in [6.07, 6.45) is 6.69. The molecular weight excluding hydrogens is 491 g/mol. The van der Waals surface area contributed by atoms with Gasteiger partial charge in [0.15, 0.2) is 5.96 Å². The fourth-order valence-electron chi connectivity index (χ4n) is 2.93. The van der Waals surface area contributed by atoms with Gasteiger partial charge in [0.2, 0.25) is 5.91 Å². The minimum Gasteiger partial charge on any atom is -0.357 e. The lowest BCUT2D eigenvalue weighted by Gasteiger charge is -2.23. The lowest BCUT2D eigenvalue weighted by Crippen LogP contribution is -2.40. The Morgan fingerprint density at radius 3 is 2.57 bits per heavy atom. The molecule has 0 aliphatic carbocycles. The average Bonchev–Trinajstić information content (AvgIpc) is 2.79. The molecule has 0 spiro atoms. The third-order valence-electron chi connectivity index (χ3n) is 4.73. The van der Waals surface area contributed by atoms with E-state index in [9.17, 15) is 13.2 Å². The normalized spacial score (nSPS) is 16.4. The van der Waals surface area contributed by atoms with Crippen molar-refractivity contribution in [3.05, 3.63) is 0 Å². The Labute approximate surface area is 188 Å². The molecule has 9 heteroatoms. The van der Waals surface area contributed by atoms with Gasteiger partial charge in [-0.3, -0.25) is 9.79 Å². The number of carbonyl (C=O) groups excluding carboxylic acids is 1. The molecule has 2 N–H and O–H groups in total. The van der Waals surface area contributed by atoms with Crippen LogP contribution in [0.5, 0.6) is 0 Å². The zero-order valence-corrected chi connectivity index (χ0v) is 21.1. The largest absolute Gasteiger partial charge is 0.357 e.